The minimum atomic E-state index is -0.754. The number of morpholine rings is 1. The van der Waals surface area contributed by atoms with Gasteiger partial charge in [-0.1, -0.05) is 41.5 Å². The number of carbonyl (C=O) groups excluding carboxylic acids is 2. The predicted octanol–water partition coefficient (Wildman–Crippen LogP) is 4.32. The van der Waals surface area contributed by atoms with E-state index in [9.17, 15) is 14.7 Å². The highest BCUT2D eigenvalue weighted by molar-refractivity contribution is 5.79. The first-order valence-corrected chi connectivity index (χ1v) is 23.2. The summed E-state index contributed by atoms with van der Waals surface area (Å²) < 4.78 is 26.5. The molecular formula is C45H73N5O7. The Balaban J connectivity index is 0.808. The van der Waals surface area contributed by atoms with Crippen molar-refractivity contribution in [3.05, 3.63) is 0 Å². The van der Waals surface area contributed by atoms with E-state index in [1.54, 1.807) is 4.90 Å². The number of carbonyl (C=O) groups is 2. The molecule has 3 N–H and O–H groups in total. The molecule has 5 heterocycles. The fraction of sp³-hybridized carbons (Fsp3) is 0.956. The molecule has 57 heavy (non-hydrogen) atoms. The van der Waals surface area contributed by atoms with Crippen LogP contribution in [-0.4, -0.2) is 151 Å². The molecule has 5 aliphatic carbocycles. The summed E-state index contributed by atoms with van der Waals surface area (Å²) in [6.45, 7) is 22.1. The lowest BCUT2D eigenvalue weighted by molar-refractivity contribution is -0.251. The molecule has 0 aromatic carbocycles. The molecule has 2 amide bonds. The zero-order chi connectivity index (χ0) is 39.9. The molecule has 0 aromatic heterocycles. The van der Waals surface area contributed by atoms with Crippen LogP contribution in [0.5, 0.6) is 0 Å². The molecule has 0 aromatic rings. The molecule has 10 fully saturated rings. The minimum Gasteiger partial charge on any atom is -0.443 e. The maximum absolute atomic E-state index is 13.0. The molecule has 12 nitrogen and oxygen atoms in total. The smallest absolute Gasteiger partial charge is 0.410 e. The Hall–Kier alpha value is -1.54. The van der Waals surface area contributed by atoms with Crippen molar-refractivity contribution in [1.82, 2.24) is 19.6 Å². The summed E-state index contributed by atoms with van der Waals surface area (Å²) in [6, 6.07) is 0.465. The van der Waals surface area contributed by atoms with Crippen molar-refractivity contribution < 1.29 is 33.6 Å². The number of aliphatic hydroxyl groups is 1. The largest absolute Gasteiger partial charge is 0.443 e. The molecule has 4 unspecified atom stereocenters. The molecule has 5 saturated carbocycles. The summed E-state index contributed by atoms with van der Waals surface area (Å²) in [5.41, 5.74) is 7.36. The van der Waals surface area contributed by atoms with Gasteiger partial charge in [0.1, 0.15) is 6.10 Å². The van der Waals surface area contributed by atoms with E-state index in [1.807, 2.05) is 4.90 Å². The monoisotopic (exact) mass is 796 g/mol. The second-order valence-electron chi connectivity index (χ2n) is 22.1. The standard InChI is InChI=1S/C45H73N5O7/c1-27(2)37(57-40(53)49-17-8-18-49)30-21-28(3)36-38(55-30)39(52)45(46)32-10-9-31-41(4,5)33(11-12-43(31)26-44(32,43)14-13-42(36,45)6)56-35-25-50(19-20-54-35)29-22-47(23-29)24-34(51)48-15-7-16-48/h27-33,35-39,52H,7-26,46H2,1-6H3/t28-,30?,31+,32?,33+,35+,36+,37-,38?,39+,42-,43?,44+,45+/m1/s1. The third kappa shape index (κ3) is 5.68. The Morgan fingerprint density at radius 1 is 0.912 bits per heavy atom. The van der Waals surface area contributed by atoms with Crippen molar-refractivity contribution in [3.8, 4) is 0 Å². The van der Waals surface area contributed by atoms with E-state index in [1.165, 1.54) is 12.8 Å². The van der Waals surface area contributed by atoms with Gasteiger partial charge >= 0.3 is 6.09 Å². The Bertz CT molecular complexity index is 1580. The molecule has 10 rings (SSSR count). The zero-order valence-corrected chi connectivity index (χ0v) is 35.8. The molecule has 12 heteroatoms. The summed E-state index contributed by atoms with van der Waals surface area (Å²) in [4.78, 5) is 34.1. The van der Waals surface area contributed by atoms with Gasteiger partial charge in [0.2, 0.25) is 5.91 Å². The van der Waals surface area contributed by atoms with Crippen LogP contribution < -0.4 is 5.73 Å². The van der Waals surface area contributed by atoms with E-state index in [4.69, 9.17) is 24.7 Å². The van der Waals surface area contributed by atoms with Crippen LogP contribution in [0.4, 0.5) is 4.79 Å². The summed E-state index contributed by atoms with van der Waals surface area (Å²) in [6.07, 6.45) is 8.71. The number of hydrogen-bond donors (Lipinski definition) is 2. The number of nitrogens with zero attached hydrogens (tertiary/aromatic N) is 4. The van der Waals surface area contributed by atoms with Crippen LogP contribution in [0, 0.1) is 51.2 Å². The van der Waals surface area contributed by atoms with E-state index in [2.05, 4.69) is 51.3 Å². The third-order valence-electron chi connectivity index (χ3n) is 19.0. The van der Waals surface area contributed by atoms with Crippen LogP contribution in [-0.2, 0) is 23.7 Å². The van der Waals surface area contributed by atoms with E-state index >= 15 is 0 Å². The Kier molecular flexibility index (Phi) is 9.54. The third-order valence-corrected chi connectivity index (χ3v) is 19.0. The highest BCUT2D eigenvalue weighted by Crippen LogP contribution is 2.87. The maximum Gasteiger partial charge on any atom is 0.410 e. The highest BCUT2D eigenvalue weighted by atomic mass is 16.7. The Labute approximate surface area is 341 Å². The lowest BCUT2D eigenvalue weighted by Gasteiger charge is -2.63. The molecule has 10 aliphatic rings. The Morgan fingerprint density at radius 2 is 1.61 bits per heavy atom. The number of fused-ring (bicyclic) bond motifs is 4. The van der Waals surface area contributed by atoms with Crippen molar-refractivity contribution in [2.24, 2.45) is 57.0 Å². The number of nitrogens with two attached hydrogens (primary N) is 1. The molecule has 14 atom stereocenters. The molecule has 5 saturated heterocycles. The fourth-order valence-electron chi connectivity index (χ4n) is 15.7. The lowest BCUT2D eigenvalue weighted by atomic mass is 9.43. The molecule has 320 valence electrons. The highest BCUT2D eigenvalue weighted by Gasteiger charge is 2.85. The quantitative estimate of drug-likeness (QED) is 0.367. The van der Waals surface area contributed by atoms with Crippen molar-refractivity contribution >= 4 is 12.0 Å². The summed E-state index contributed by atoms with van der Waals surface area (Å²) in [5, 5.41) is 12.7. The van der Waals surface area contributed by atoms with Crippen molar-refractivity contribution in [2.75, 3.05) is 65.5 Å². The minimum absolute atomic E-state index is 0.00215. The van der Waals surface area contributed by atoms with E-state index < -0.39 is 11.6 Å². The van der Waals surface area contributed by atoms with Crippen molar-refractivity contribution in [2.45, 2.75) is 154 Å². The number of likely N-dealkylation sites (tertiary alicyclic amines) is 3. The summed E-state index contributed by atoms with van der Waals surface area (Å²) in [7, 11) is 0. The van der Waals surface area contributed by atoms with Crippen LogP contribution in [0.1, 0.15) is 106 Å². The van der Waals surface area contributed by atoms with Gasteiger partial charge in [-0.2, -0.15) is 0 Å². The number of aliphatic hydroxyl groups excluding tert-OH is 1. The first-order chi connectivity index (χ1) is 27.1. The molecule has 2 spiro atoms. The van der Waals surface area contributed by atoms with Gasteiger partial charge in [-0.3, -0.25) is 14.6 Å². The van der Waals surface area contributed by atoms with Gasteiger partial charge < -0.3 is 39.6 Å². The van der Waals surface area contributed by atoms with Crippen molar-refractivity contribution in [3.63, 3.8) is 0 Å². The maximum atomic E-state index is 13.0. The van der Waals surface area contributed by atoms with Crippen molar-refractivity contribution in [1.29, 1.82) is 0 Å². The number of rotatable bonds is 8. The normalized spacial score (nSPS) is 48.3. The van der Waals surface area contributed by atoms with Gasteiger partial charge in [0.15, 0.2) is 6.29 Å². The van der Waals surface area contributed by atoms with Crippen LogP contribution in [0.2, 0.25) is 0 Å². The summed E-state index contributed by atoms with van der Waals surface area (Å²) in [5.74, 6) is 1.66. The van der Waals surface area contributed by atoms with Gasteiger partial charge in [-0.25, -0.2) is 4.79 Å². The number of ether oxygens (including phenoxy) is 4. The van der Waals surface area contributed by atoms with E-state index in [-0.39, 0.29) is 82.1 Å². The van der Waals surface area contributed by atoms with Gasteiger partial charge in [0.05, 0.1) is 43.1 Å². The van der Waals surface area contributed by atoms with E-state index in [0.29, 0.717) is 31.0 Å². The Morgan fingerprint density at radius 3 is 2.30 bits per heavy atom. The van der Waals surface area contributed by atoms with Gasteiger partial charge in [0, 0.05) is 58.4 Å². The first kappa shape index (κ1) is 39.6. The number of amides is 2. The van der Waals surface area contributed by atoms with Gasteiger partial charge in [-0.15, -0.1) is 0 Å². The van der Waals surface area contributed by atoms with Crippen LogP contribution in [0.25, 0.3) is 0 Å². The van der Waals surface area contributed by atoms with Crippen LogP contribution in [0.15, 0.2) is 0 Å². The molecule has 0 bridgehead atoms. The number of hydrogen-bond acceptors (Lipinski definition) is 10. The topological polar surface area (TPSA) is 130 Å². The average Bonchev–Trinajstić information content (AvgIpc) is 3.73. The van der Waals surface area contributed by atoms with Gasteiger partial charge in [0.25, 0.3) is 0 Å². The first-order valence-electron chi connectivity index (χ1n) is 23.2. The lowest BCUT2D eigenvalue weighted by Crippen LogP contribution is -2.70. The SMILES string of the molecule is CC(C)[C@@H](OC(=O)N1CCC1)C1C[C@@H](C)[C@H]2C(O1)[C@H](O)[C@@]1(N)C3CC[C@H]4C(C)(C)[C@@H](O[C@H]5CN(C6CN(CC(=O)N7CCC7)C6)CCO5)CCC45C[C@@]35CC[C@]21C. The second-order valence-corrected chi connectivity index (χ2v) is 22.1. The van der Waals surface area contributed by atoms with Gasteiger partial charge in [-0.05, 0) is 115 Å². The molecule has 0 radical (unpaired) electrons. The van der Waals surface area contributed by atoms with Crippen LogP contribution >= 0.6 is 0 Å². The zero-order valence-electron chi connectivity index (χ0n) is 35.8. The molecule has 5 aliphatic heterocycles. The second kappa shape index (κ2) is 13.7. The van der Waals surface area contributed by atoms with E-state index in [0.717, 1.165) is 104 Å². The average molecular weight is 796 g/mol. The van der Waals surface area contributed by atoms with Crippen LogP contribution in [0.3, 0.4) is 0 Å². The predicted molar refractivity (Wildman–Crippen MR) is 214 cm³/mol. The fourth-order valence-corrected chi connectivity index (χ4v) is 15.7. The summed E-state index contributed by atoms with van der Waals surface area (Å²) >= 11 is 0. The molecular weight excluding hydrogens is 723 g/mol.